The molecule has 0 aromatic heterocycles. The fourth-order valence-electron chi connectivity index (χ4n) is 1.38. The van der Waals surface area contributed by atoms with Crippen LogP contribution in [0.3, 0.4) is 0 Å². The van der Waals surface area contributed by atoms with Crippen LogP contribution < -0.4 is 5.73 Å². The van der Waals surface area contributed by atoms with Gasteiger partial charge in [0, 0.05) is 12.8 Å². The van der Waals surface area contributed by atoms with E-state index >= 15 is 0 Å². The summed E-state index contributed by atoms with van der Waals surface area (Å²) in [5, 5.41) is 0. The Morgan fingerprint density at radius 2 is 2.19 bits per heavy atom. The maximum Gasteiger partial charge on any atom is 0.308 e. The quantitative estimate of drug-likeness (QED) is 0.408. The molecule has 0 aromatic rings. The van der Waals surface area contributed by atoms with Crippen molar-refractivity contribution in [3.05, 3.63) is 12.3 Å². The van der Waals surface area contributed by atoms with Crippen molar-refractivity contribution in [1.29, 1.82) is 0 Å². The Morgan fingerprint density at radius 3 is 2.88 bits per heavy atom. The van der Waals surface area contributed by atoms with Gasteiger partial charge in [-0.1, -0.05) is 12.8 Å². The molecule has 0 spiro atoms. The van der Waals surface area contributed by atoms with Crippen LogP contribution in [0.15, 0.2) is 12.3 Å². The van der Waals surface area contributed by atoms with Crippen LogP contribution in [0.1, 0.15) is 38.5 Å². The van der Waals surface area contributed by atoms with Gasteiger partial charge in [0.15, 0.2) is 0 Å². The largest absolute Gasteiger partial charge is 0.431 e. The van der Waals surface area contributed by atoms with Gasteiger partial charge >= 0.3 is 5.97 Å². The van der Waals surface area contributed by atoms with Crippen LogP contribution in [0.2, 0.25) is 0 Å². The normalized spacial score (nSPS) is 19.2. The predicted molar refractivity (Wildman–Crippen MR) is 57.9 cm³/mol. The van der Waals surface area contributed by atoms with Crippen molar-refractivity contribution in [2.24, 2.45) is 5.73 Å². The first-order chi connectivity index (χ1) is 7.83. The third kappa shape index (κ3) is 5.72. The van der Waals surface area contributed by atoms with Crippen LogP contribution in [-0.4, -0.2) is 18.8 Å². The molecule has 5 heteroatoms. The number of carbonyl (C=O) groups excluding carboxylic acids is 1. The molecule has 1 heterocycles. The van der Waals surface area contributed by atoms with Gasteiger partial charge in [-0.25, -0.2) is 0 Å². The maximum atomic E-state index is 11.3. The van der Waals surface area contributed by atoms with E-state index in [0.29, 0.717) is 19.4 Å². The molecule has 0 saturated carbocycles. The van der Waals surface area contributed by atoms with E-state index in [1.54, 1.807) is 6.08 Å². The van der Waals surface area contributed by atoms with E-state index in [4.69, 9.17) is 15.4 Å². The summed E-state index contributed by atoms with van der Waals surface area (Å²) in [5.41, 5.74) is 5.37. The van der Waals surface area contributed by atoms with Gasteiger partial charge in [-0.3, -0.25) is 4.79 Å². The number of hydrogen-bond acceptors (Lipinski definition) is 5. The molecule has 16 heavy (non-hydrogen) atoms. The summed E-state index contributed by atoms with van der Waals surface area (Å²) < 4.78 is 5.04. The van der Waals surface area contributed by atoms with Gasteiger partial charge in [-0.2, -0.15) is 0 Å². The lowest BCUT2D eigenvalue weighted by atomic mass is 10.1. The number of unbranched alkanes of at least 4 members (excludes halogenated alkanes) is 3. The zero-order chi connectivity index (χ0) is 11.6. The number of nitrogens with two attached hydrogens (primary N) is 1. The minimum Gasteiger partial charge on any atom is -0.431 e. The van der Waals surface area contributed by atoms with E-state index in [2.05, 4.69) is 4.89 Å². The van der Waals surface area contributed by atoms with E-state index in [9.17, 15) is 4.79 Å². The molecular formula is C11H19NO4. The molecule has 0 amide bonds. The third-order valence-corrected chi connectivity index (χ3v) is 2.24. The summed E-state index contributed by atoms with van der Waals surface area (Å²) in [4.78, 5) is 20.7. The van der Waals surface area contributed by atoms with Crippen LogP contribution in [-0.2, 0) is 19.3 Å². The van der Waals surface area contributed by atoms with E-state index in [1.807, 2.05) is 0 Å². The summed E-state index contributed by atoms with van der Waals surface area (Å²) in [6.45, 7) is 0.712. The van der Waals surface area contributed by atoms with Gasteiger partial charge in [-0.15, -0.1) is 4.89 Å². The molecule has 0 aromatic carbocycles. The lowest BCUT2D eigenvalue weighted by Crippen LogP contribution is -2.22. The molecule has 0 bridgehead atoms. The molecule has 1 aliphatic rings. The van der Waals surface area contributed by atoms with Crippen molar-refractivity contribution in [1.82, 2.24) is 0 Å². The van der Waals surface area contributed by atoms with Crippen LogP contribution in [0, 0.1) is 0 Å². The van der Waals surface area contributed by atoms with Gasteiger partial charge in [0.25, 0.3) is 0 Å². The number of rotatable bonds is 7. The maximum absolute atomic E-state index is 11.3. The summed E-state index contributed by atoms with van der Waals surface area (Å²) in [5.74, 6) is -0.239. The molecule has 0 aliphatic carbocycles. The Kier molecular flexibility index (Phi) is 6.60. The first-order valence-electron chi connectivity index (χ1n) is 5.69. The van der Waals surface area contributed by atoms with Gasteiger partial charge in [-0.05, 0) is 25.5 Å². The second kappa shape index (κ2) is 8.13. The van der Waals surface area contributed by atoms with Crippen LogP contribution in [0.5, 0.6) is 0 Å². The Bertz CT molecular complexity index is 230. The number of carbonyl (C=O) groups is 1. The number of ether oxygens (including phenoxy) is 1. The van der Waals surface area contributed by atoms with Crippen molar-refractivity contribution < 1.29 is 19.3 Å². The summed E-state index contributed by atoms with van der Waals surface area (Å²) in [6.07, 6.45) is 7.47. The Labute approximate surface area is 95.5 Å². The van der Waals surface area contributed by atoms with Crippen molar-refractivity contribution in [3.8, 4) is 0 Å². The molecule has 1 unspecified atom stereocenters. The highest BCUT2D eigenvalue weighted by atomic mass is 17.2. The molecule has 1 rings (SSSR count). The van der Waals surface area contributed by atoms with E-state index in [0.717, 1.165) is 25.7 Å². The zero-order valence-electron chi connectivity index (χ0n) is 9.39. The van der Waals surface area contributed by atoms with Crippen LogP contribution >= 0.6 is 0 Å². The third-order valence-electron chi connectivity index (χ3n) is 2.24. The van der Waals surface area contributed by atoms with Gasteiger partial charge < -0.3 is 15.4 Å². The van der Waals surface area contributed by atoms with Crippen molar-refractivity contribution >= 4 is 5.97 Å². The molecular weight excluding hydrogens is 210 g/mol. The van der Waals surface area contributed by atoms with Gasteiger partial charge in [0.05, 0.1) is 0 Å². The summed E-state index contributed by atoms with van der Waals surface area (Å²) in [7, 11) is 0. The van der Waals surface area contributed by atoms with Crippen molar-refractivity contribution in [2.75, 3.05) is 6.54 Å². The first-order valence-corrected chi connectivity index (χ1v) is 5.69. The highest BCUT2D eigenvalue weighted by Gasteiger charge is 2.16. The standard InChI is InChI=1S/C11H19NO4/c12-8-4-2-1-3-6-10(13)15-11-7-5-9-14-16-11/h5,9,11H,1-4,6-8,12H2. The van der Waals surface area contributed by atoms with E-state index in [-0.39, 0.29) is 5.97 Å². The molecule has 1 atom stereocenters. The average Bonchev–Trinajstić information content (AvgIpc) is 2.30. The minimum atomic E-state index is -0.596. The zero-order valence-corrected chi connectivity index (χ0v) is 9.39. The molecule has 0 fully saturated rings. The molecule has 0 saturated heterocycles. The summed E-state index contributed by atoms with van der Waals surface area (Å²) in [6, 6.07) is 0. The molecule has 92 valence electrons. The Hall–Kier alpha value is -1.07. The average molecular weight is 229 g/mol. The lowest BCUT2D eigenvalue weighted by Gasteiger charge is -2.17. The molecule has 1 aliphatic heterocycles. The van der Waals surface area contributed by atoms with Crippen LogP contribution in [0.25, 0.3) is 0 Å². The smallest absolute Gasteiger partial charge is 0.308 e. The fraction of sp³-hybridized carbons (Fsp3) is 0.727. The van der Waals surface area contributed by atoms with Gasteiger partial charge in [0.1, 0.15) is 6.26 Å². The highest BCUT2D eigenvalue weighted by Crippen LogP contribution is 2.11. The molecule has 5 nitrogen and oxygen atoms in total. The predicted octanol–water partition coefficient (Wildman–Crippen LogP) is 1.63. The topological polar surface area (TPSA) is 70.8 Å². The second-order valence-corrected chi connectivity index (χ2v) is 3.67. The van der Waals surface area contributed by atoms with E-state index in [1.165, 1.54) is 6.26 Å². The Balaban J connectivity index is 2.00. The van der Waals surface area contributed by atoms with E-state index < -0.39 is 6.29 Å². The van der Waals surface area contributed by atoms with Gasteiger partial charge in [0.2, 0.25) is 6.29 Å². The second-order valence-electron chi connectivity index (χ2n) is 3.67. The van der Waals surface area contributed by atoms with Crippen molar-refractivity contribution in [2.45, 2.75) is 44.8 Å². The molecule has 0 radical (unpaired) electrons. The number of esters is 1. The summed E-state index contributed by atoms with van der Waals surface area (Å²) >= 11 is 0. The fourth-order valence-corrected chi connectivity index (χ4v) is 1.38. The van der Waals surface area contributed by atoms with Crippen molar-refractivity contribution in [3.63, 3.8) is 0 Å². The number of hydrogen-bond donors (Lipinski definition) is 1. The SMILES string of the molecule is NCCCCCCC(=O)OC1CC=COO1. The minimum absolute atomic E-state index is 0.239. The molecule has 2 N–H and O–H groups in total. The first kappa shape index (κ1) is 13.0. The highest BCUT2D eigenvalue weighted by molar-refractivity contribution is 5.69. The Morgan fingerprint density at radius 1 is 1.38 bits per heavy atom. The lowest BCUT2D eigenvalue weighted by molar-refractivity contribution is -0.345. The van der Waals surface area contributed by atoms with Crippen LogP contribution in [0.4, 0.5) is 0 Å². The monoisotopic (exact) mass is 229 g/mol.